The molecule has 0 aliphatic carbocycles. The summed E-state index contributed by atoms with van der Waals surface area (Å²) in [5.74, 6) is -1.58. The number of hydrogen-bond acceptors (Lipinski definition) is 3. The van der Waals surface area contributed by atoms with Crippen LogP contribution in [-0.2, 0) is 23.2 Å². The van der Waals surface area contributed by atoms with Crippen LogP contribution in [0.15, 0.2) is 34.7 Å². The Morgan fingerprint density at radius 3 is 2.29 bits per heavy atom. The minimum atomic E-state index is -1.70. The monoisotopic (exact) mass is 333 g/mol. The Labute approximate surface area is 139 Å². The number of hydrogen-bond donors (Lipinski definition) is 2. The lowest BCUT2D eigenvalue weighted by molar-refractivity contribution is -0.144. The van der Waals surface area contributed by atoms with Crippen molar-refractivity contribution in [3.63, 3.8) is 0 Å². The van der Waals surface area contributed by atoms with E-state index < -0.39 is 23.2 Å². The van der Waals surface area contributed by atoms with E-state index in [1.807, 2.05) is 13.8 Å². The predicted octanol–water partition coefficient (Wildman–Crippen LogP) is 3.27. The van der Waals surface area contributed by atoms with Gasteiger partial charge in [0.25, 0.3) is 5.91 Å². The summed E-state index contributed by atoms with van der Waals surface area (Å²) in [5.41, 5.74) is -0.514. The number of furan rings is 1. The molecule has 24 heavy (non-hydrogen) atoms. The van der Waals surface area contributed by atoms with Crippen molar-refractivity contribution >= 4 is 11.9 Å². The Hall–Kier alpha value is -2.63. The summed E-state index contributed by atoms with van der Waals surface area (Å²) >= 11 is 0. The summed E-state index contributed by atoms with van der Waals surface area (Å²) in [6.45, 7) is 5.22. The molecule has 0 bridgehead atoms. The van der Waals surface area contributed by atoms with E-state index >= 15 is 0 Å². The van der Waals surface area contributed by atoms with Crippen molar-refractivity contribution in [2.24, 2.45) is 0 Å². The summed E-state index contributed by atoms with van der Waals surface area (Å²) in [6, 6.07) is 6.60. The van der Waals surface area contributed by atoms with Crippen LogP contribution in [0.25, 0.3) is 0 Å². The number of nitrogens with one attached hydrogen (secondary N) is 1. The van der Waals surface area contributed by atoms with Gasteiger partial charge in [0.05, 0.1) is 0 Å². The van der Waals surface area contributed by atoms with Crippen LogP contribution < -0.4 is 5.32 Å². The van der Waals surface area contributed by atoms with Crippen molar-refractivity contribution in [2.45, 2.75) is 39.2 Å². The predicted molar refractivity (Wildman–Crippen MR) is 86.3 cm³/mol. The molecule has 128 valence electrons. The number of rotatable bonds is 6. The number of carboxylic acid groups (broad SMARTS) is 1. The first-order valence-electron chi connectivity index (χ1n) is 7.75. The normalized spacial score (nSPS) is 13.3. The number of carbonyl (C=O) groups excluding carboxylic acids is 1. The highest BCUT2D eigenvalue weighted by Crippen LogP contribution is 2.24. The zero-order valence-electron chi connectivity index (χ0n) is 13.9. The average Bonchev–Trinajstić information content (AvgIpc) is 2.98. The van der Waals surface area contributed by atoms with Crippen molar-refractivity contribution < 1.29 is 23.5 Å². The second-order valence-corrected chi connectivity index (χ2v) is 5.66. The van der Waals surface area contributed by atoms with Gasteiger partial charge in [-0.1, -0.05) is 26.0 Å². The molecule has 1 amide bonds. The molecule has 2 aromatic rings. The fourth-order valence-corrected chi connectivity index (χ4v) is 2.50. The zero-order valence-corrected chi connectivity index (χ0v) is 13.9. The number of benzene rings is 1. The van der Waals surface area contributed by atoms with Crippen molar-refractivity contribution in [3.05, 3.63) is 58.8 Å². The Morgan fingerprint density at radius 1 is 1.21 bits per heavy atom. The molecular formula is C18H20FNO4. The van der Waals surface area contributed by atoms with Gasteiger partial charge in [-0.05, 0) is 42.7 Å². The summed E-state index contributed by atoms with van der Waals surface area (Å²) in [5, 5.41) is 12.0. The highest BCUT2D eigenvalue weighted by atomic mass is 19.1. The third-order valence-electron chi connectivity index (χ3n) is 4.04. The molecule has 6 heteroatoms. The molecule has 1 atom stereocenters. The third kappa shape index (κ3) is 3.32. The zero-order chi connectivity index (χ0) is 17.9. The van der Waals surface area contributed by atoms with E-state index in [9.17, 15) is 19.1 Å². The number of amides is 1. The minimum Gasteiger partial charge on any atom is -0.479 e. The molecule has 0 saturated heterocycles. The van der Waals surface area contributed by atoms with E-state index in [2.05, 4.69) is 5.32 Å². The lowest BCUT2D eigenvalue weighted by atomic mass is 9.92. The molecule has 1 aromatic heterocycles. The first-order chi connectivity index (χ1) is 11.3. The fourth-order valence-electron chi connectivity index (χ4n) is 2.50. The first kappa shape index (κ1) is 17.7. The van der Waals surface area contributed by atoms with E-state index in [-0.39, 0.29) is 11.3 Å². The van der Waals surface area contributed by atoms with Crippen molar-refractivity contribution in [3.8, 4) is 0 Å². The first-order valence-corrected chi connectivity index (χ1v) is 7.75. The van der Waals surface area contributed by atoms with Gasteiger partial charge in [-0.25, -0.2) is 9.18 Å². The molecule has 5 nitrogen and oxygen atoms in total. The van der Waals surface area contributed by atoms with Crippen LogP contribution in [0.5, 0.6) is 0 Å². The number of aryl methyl sites for hydroxylation is 2. The summed E-state index contributed by atoms with van der Waals surface area (Å²) in [6.07, 6.45) is 1.36. The van der Waals surface area contributed by atoms with Gasteiger partial charge in [0.2, 0.25) is 0 Å². The van der Waals surface area contributed by atoms with E-state index in [1.165, 1.54) is 19.1 Å². The average molecular weight is 333 g/mol. The second-order valence-electron chi connectivity index (χ2n) is 5.66. The molecule has 0 aliphatic heterocycles. The fraction of sp³-hybridized carbons (Fsp3) is 0.333. The molecule has 2 rings (SSSR count). The Morgan fingerprint density at radius 2 is 1.83 bits per heavy atom. The number of halogens is 1. The third-order valence-corrected chi connectivity index (χ3v) is 4.04. The van der Waals surface area contributed by atoms with Crippen LogP contribution in [0, 0.1) is 5.82 Å². The largest absolute Gasteiger partial charge is 0.479 e. The quantitative estimate of drug-likeness (QED) is 0.850. The second kappa shape index (κ2) is 6.86. The minimum absolute atomic E-state index is 0.0679. The van der Waals surface area contributed by atoms with E-state index in [0.717, 1.165) is 17.7 Å². The topological polar surface area (TPSA) is 79.5 Å². The lowest BCUT2D eigenvalue weighted by Gasteiger charge is -2.26. The summed E-state index contributed by atoms with van der Waals surface area (Å²) in [4.78, 5) is 24.2. The van der Waals surface area contributed by atoms with Crippen molar-refractivity contribution in [1.29, 1.82) is 0 Å². The van der Waals surface area contributed by atoms with Gasteiger partial charge >= 0.3 is 5.97 Å². The van der Waals surface area contributed by atoms with Gasteiger partial charge in [-0.3, -0.25) is 4.79 Å². The van der Waals surface area contributed by atoms with Gasteiger partial charge in [0.1, 0.15) is 11.6 Å². The van der Waals surface area contributed by atoms with Crippen LogP contribution in [0.1, 0.15) is 48.2 Å². The van der Waals surface area contributed by atoms with Crippen molar-refractivity contribution in [2.75, 3.05) is 0 Å². The number of carbonyl (C=O) groups is 2. The van der Waals surface area contributed by atoms with Gasteiger partial charge in [0, 0.05) is 6.42 Å². The van der Waals surface area contributed by atoms with Crippen molar-refractivity contribution in [1.82, 2.24) is 5.32 Å². The van der Waals surface area contributed by atoms with E-state index in [1.54, 1.807) is 6.07 Å². The molecule has 2 N–H and O–H groups in total. The van der Waals surface area contributed by atoms with Crippen LogP contribution >= 0.6 is 0 Å². The Kier molecular flexibility index (Phi) is 5.07. The molecular weight excluding hydrogens is 313 g/mol. The van der Waals surface area contributed by atoms with Crippen LogP contribution in [0.4, 0.5) is 4.39 Å². The highest BCUT2D eigenvalue weighted by molar-refractivity contribution is 5.96. The highest BCUT2D eigenvalue weighted by Gasteiger charge is 2.38. The van der Waals surface area contributed by atoms with Crippen LogP contribution in [-0.4, -0.2) is 17.0 Å². The molecule has 0 fully saturated rings. The van der Waals surface area contributed by atoms with Gasteiger partial charge in [-0.2, -0.15) is 0 Å². The Balaban J connectivity index is 2.33. The standard InChI is InChI=1S/C18H20FNO4/c1-4-11-10-15(24-14(11)5-2)16(21)20-18(3,17(22)23)12-6-8-13(19)9-7-12/h6-10H,4-5H2,1-3H3,(H,20,21)(H,22,23). The van der Waals surface area contributed by atoms with Gasteiger partial charge < -0.3 is 14.8 Å². The Bertz CT molecular complexity index is 729. The summed E-state index contributed by atoms with van der Waals surface area (Å²) < 4.78 is 18.6. The number of aliphatic carboxylic acids is 1. The maximum Gasteiger partial charge on any atom is 0.333 e. The molecule has 1 heterocycles. The maximum absolute atomic E-state index is 13.1. The molecule has 0 radical (unpaired) electrons. The molecule has 0 spiro atoms. The van der Waals surface area contributed by atoms with Gasteiger partial charge in [-0.15, -0.1) is 0 Å². The molecule has 1 aromatic carbocycles. The van der Waals surface area contributed by atoms with Gasteiger partial charge in [0.15, 0.2) is 11.3 Å². The maximum atomic E-state index is 13.1. The number of carboxylic acids is 1. The lowest BCUT2D eigenvalue weighted by Crippen LogP contribution is -2.49. The SMILES string of the molecule is CCc1cc(C(=O)NC(C)(C(=O)O)c2ccc(F)cc2)oc1CC. The molecule has 0 saturated carbocycles. The van der Waals surface area contributed by atoms with E-state index in [4.69, 9.17) is 4.42 Å². The summed E-state index contributed by atoms with van der Waals surface area (Å²) in [7, 11) is 0. The van der Waals surface area contributed by atoms with Crippen LogP contribution in [0.3, 0.4) is 0 Å². The van der Waals surface area contributed by atoms with Crippen LogP contribution in [0.2, 0.25) is 0 Å². The smallest absolute Gasteiger partial charge is 0.333 e. The molecule has 1 unspecified atom stereocenters. The molecule has 0 aliphatic rings. The van der Waals surface area contributed by atoms with E-state index in [0.29, 0.717) is 18.6 Å².